The van der Waals surface area contributed by atoms with E-state index in [9.17, 15) is 9.59 Å². The highest BCUT2D eigenvalue weighted by Crippen LogP contribution is 2.30. The molecule has 25 heavy (non-hydrogen) atoms. The number of aryl methyl sites for hydroxylation is 3. The van der Waals surface area contributed by atoms with Crippen LogP contribution in [0.25, 0.3) is 11.0 Å². The molecular formula is C19H22N4O2. The molecule has 2 aromatic carbocycles. The third-order valence-electron chi connectivity index (χ3n) is 4.51. The zero-order valence-electron chi connectivity index (χ0n) is 15.1. The first-order chi connectivity index (χ1) is 11.8. The molecule has 6 heteroatoms. The van der Waals surface area contributed by atoms with Crippen LogP contribution in [-0.2, 0) is 14.1 Å². The van der Waals surface area contributed by atoms with Crippen molar-refractivity contribution in [1.29, 1.82) is 0 Å². The Kier molecular flexibility index (Phi) is 4.12. The van der Waals surface area contributed by atoms with E-state index in [0.717, 1.165) is 22.3 Å². The van der Waals surface area contributed by atoms with Crippen molar-refractivity contribution >= 4 is 28.3 Å². The molecular weight excluding hydrogens is 316 g/mol. The van der Waals surface area contributed by atoms with Crippen LogP contribution < -0.4 is 15.9 Å². The first kappa shape index (κ1) is 16.8. The molecule has 0 aliphatic carbocycles. The second kappa shape index (κ2) is 6.12. The highest BCUT2D eigenvalue weighted by Gasteiger charge is 2.16. The van der Waals surface area contributed by atoms with Gasteiger partial charge in [-0.25, -0.2) is 4.79 Å². The maximum absolute atomic E-state index is 12.7. The Bertz CT molecular complexity index is 1030. The number of rotatable bonds is 3. The van der Waals surface area contributed by atoms with Crippen molar-refractivity contribution in [3.63, 3.8) is 0 Å². The number of nitrogens with one attached hydrogen (secondary N) is 1. The fourth-order valence-corrected chi connectivity index (χ4v) is 3.02. The number of hydrogen-bond acceptors (Lipinski definition) is 3. The summed E-state index contributed by atoms with van der Waals surface area (Å²) in [5.74, 6) is -0.165. The summed E-state index contributed by atoms with van der Waals surface area (Å²) in [5.41, 5.74) is 4.57. The summed E-state index contributed by atoms with van der Waals surface area (Å²) in [4.78, 5) is 26.8. The number of carbonyl (C=O) groups is 1. The number of nitrogens with zero attached hydrogens (tertiary/aromatic N) is 3. The minimum atomic E-state index is -0.165. The summed E-state index contributed by atoms with van der Waals surface area (Å²) < 4.78 is 3.19. The van der Waals surface area contributed by atoms with E-state index >= 15 is 0 Å². The van der Waals surface area contributed by atoms with Gasteiger partial charge in [-0.1, -0.05) is 18.2 Å². The normalized spacial score (nSPS) is 10.9. The summed E-state index contributed by atoms with van der Waals surface area (Å²) in [6.07, 6.45) is 0. The number of anilines is 2. The number of fused-ring (bicyclic) bond motifs is 1. The maximum Gasteiger partial charge on any atom is 0.328 e. The molecule has 6 nitrogen and oxygen atoms in total. The second-order valence-electron chi connectivity index (χ2n) is 6.42. The van der Waals surface area contributed by atoms with Gasteiger partial charge in [-0.15, -0.1) is 0 Å². The molecule has 1 amide bonds. The van der Waals surface area contributed by atoms with E-state index in [0.29, 0.717) is 11.3 Å². The molecule has 130 valence electrons. The Hall–Kier alpha value is -3.02. The van der Waals surface area contributed by atoms with E-state index in [-0.39, 0.29) is 11.6 Å². The van der Waals surface area contributed by atoms with E-state index < -0.39 is 0 Å². The molecule has 0 fully saturated rings. The van der Waals surface area contributed by atoms with Crippen LogP contribution in [0.15, 0.2) is 41.2 Å². The van der Waals surface area contributed by atoms with Gasteiger partial charge in [0.25, 0.3) is 5.91 Å². The summed E-state index contributed by atoms with van der Waals surface area (Å²) in [6.45, 7) is 1.91. The van der Waals surface area contributed by atoms with Gasteiger partial charge in [0.1, 0.15) is 0 Å². The van der Waals surface area contributed by atoms with Gasteiger partial charge in [-0.3, -0.25) is 13.9 Å². The van der Waals surface area contributed by atoms with Crippen molar-refractivity contribution in [3.8, 4) is 0 Å². The summed E-state index contributed by atoms with van der Waals surface area (Å²) in [5, 5.41) is 2.99. The van der Waals surface area contributed by atoms with Gasteiger partial charge in [0, 0.05) is 33.8 Å². The molecule has 3 rings (SSSR count). The van der Waals surface area contributed by atoms with E-state index in [4.69, 9.17) is 0 Å². The molecule has 0 aliphatic heterocycles. The van der Waals surface area contributed by atoms with Crippen LogP contribution >= 0.6 is 0 Å². The number of benzene rings is 2. The van der Waals surface area contributed by atoms with Gasteiger partial charge in [0.05, 0.1) is 22.4 Å². The average molecular weight is 338 g/mol. The molecule has 0 unspecified atom stereocenters. The predicted molar refractivity (Wildman–Crippen MR) is 102 cm³/mol. The highest BCUT2D eigenvalue weighted by atomic mass is 16.2. The molecule has 1 aromatic heterocycles. The molecule has 0 spiro atoms. The Morgan fingerprint density at radius 2 is 1.64 bits per heavy atom. The quantitative estimate of drug-likeness (QED) is 0.798. The largest absolute Gasteiger partial charge is 0.376 e. The standard InChI is InChI=1S/C19H22N4O2/c1-12-8-6-7-9-13(12)18(24)20-14-10-16-17(11-15(14)21(2)3)23(5)19(25)22(16)4/h6-11H,1-5H3,(H,20,24). The minimum absolute atomic E-state index is 0.0953. The molecule has 0 bridgehead atoms. The van der Waals surface area contributed by atoms with Crippen molar-refractivity contribution < 1.29 is 4.79 Å². The third-order valence-corrected chi connectivity index (χ3v) is 4.51. The van der Waals surface area contributed by atoms with Crippen molar-refractivity contribution in [2.75, 3.05) is 24.3 Å². The van der Waals surface area contributed by atoms with Gasteiger partial charge in [0.15, 0.2) is 0 Å². The van der Waals surface area contributed by atoms with Crippen LogP contribution in [0.3, 0.4) is 0 Å². The zero-order valence-corrected chi connectivity index (χ0v) is 15.1. The van der Waals surface area contributed by atoms with Gasteiger partial charge in [0.2, 0.25) is 0 Å². The number of hydrogen-bond donors (Lipinski definition) is 1. The lowest BCUT2D eigenvalue weighted by Gasteiger charge is -2.19. The molecule has 1 heterocycles. The lowest BCUT2D eigenvalue weighted by Crippen LogP contribution is -2.19. The highest BCUT2D eigenvalue weighted by molar-refractivity contribution is 6.08. The SMILES string of the molecule is Cc1ccccc1C(=O)Nc1cc2c(cc1N(C)C)n(C)c(=O)n2C. The summed E-state index contributed by atoms with van der Waals surface area (Å²) in [7, 11) is 7.29. The predicted octanol–water partition coefficient (Wildman–Crippen LogP) is 2.50. The first-order valence-corrected chi connectivity index (χ1v) is 8.05. The molecule has 0 aliphatic rings. The molecule has 0 saturated carbocycles. The van der Waals surface area contributed by atoms with Crippen LogP contribution in [0.4, 0.5) is 11.4 Å². The summed E-state index contributed by atoms with van der Waals surface area (Å²) >= 11 is 0. The van der Waals surface area contributed by atoms with Crippen LogP contribution in [0.5, 0.6) is 0 Å². The van der Waals surface area contributed by atoms with E-state index in [1.54, 1.807) is 29.3 Å². The number of carbonyl (C=O) groups excluding carboxylic acids is 1. The number of aromatic nitrogens is 2. The Balaban J connectivity index is 2.13. The van der Waals surface area contributed by atoms with Crippen molar-refractivity contribution in [2.24, 2.45) is 14.1 Å². The molecule has 0 atom stereocenters. The summed E-state index contributed by atoms with van der Waals surface area (Å²) in [6, 6.07) is 11.2. The van der Waals surface area contributed by atoms with Gasteiger partial charge >= 0.3 is 5.69 Å². The monoisotopic (exact) mass is 338 g/mol. The van der Waals surface area contributed by atoms with E-state index in [1.165, 1.54) is 0 Å². The number of imidazole rings is 1. The maximum atomic E-state index is 12.7. The molecule has 1 N–H and O–H groups in total. The zero-order chi connectivity index (χ0) is 18.3. The van der Waals surface area contributed by atoms with E-state index in [2.05, 4.69) is 5.32 Å². The Morgan fingerprint density at radius 1 is 1.04 bits per heavy atom. The first-order valence-electron chi connectivity index (χ1n) is 8.05. The lowest BCUT2D eigenvalue weighted by molar-refractivity contribution is 0.102. The third kappa shape index (κ3) is 2.80. The van der Waals surface area contributed by atoms with Gasteiger partial charge in [-0.05, 0) is 30.7 Å². The van der Waals surface area contributed by atoms with Gasteiger partial charge in [-0.2, -0.15) is 0 Å². The van der Waals surface area contributed by atoms with Crippen molar-refractivity contribution in [1.82, 2.24) is 9.13 Å². The van der Waals surface area contributed by atoms with Crippen LogP contribution in [-0.4, -0.2) is 29.1 Å². The Labute approximate surface area is 146 Å². The van der Waals surface area contributed by atoms with E-state index in [1.807, 2.05) is 56.3 Å². The lowest BCUT2D eigenvalue weighted by atomic mass is 10.1. The molecule has 0 radical (unpaired) electrons. The fraction of sp³-hybridized carbons (Fsp3) is 0.263. The smallest absolute Gasteiger partial charge is 0.328 e. The van der Waals surface area contributed by atoms with Gasteiger partial charge < -0.3 is 10.2 Å². The molecule has 0 saturated heterocycles. The van der Waals surface area contributed by atoms with Crippen LogP contribution in [0.1, 0.15) is 15.9 Å². The second-order valence-corrected chi connectivity index (χ2v) is 6.42. The molecule has 3 aromatic rings. The van der Waals surface area contributed by atoms with Crippen LogP contribution in [0.2, 0.25) is 0 Å². The topological polar surface area (TPSA) is 59.3 Å². The fourth-order valence-electron chi connectivity index (χ4n) is 3.02. The van der Waals surface area contributed by atoms with Crippen molar-refractivity contribution in [2.45, 2.75) is 6.92 Å². The Morgan fingerprint density at radius 3 is 2.24 bits per heavy atom. The average Bonchev–Trinajstić information content (AvgIpc) is 2.78. The number of amides is 1. The van der Waals surface area contributed by atoms with Crippen LogP contribution in [0, 0.1) is 6.92 Å². The minimum Gasteiger partial charge on any atom is -0.376 e. The van der Waals surface area contributed by atoms with Crippen molar-refractivity contribution in [3.05, 3.63) is 58.0 Å².